The Morgan fingerprint density at radius 2 is 2.00 bits per heavy atom. The van der Waals surface area contributed by atoms with Crippen LogP contribution in [0.1, 0.15) is 25.5 Å². The van der Waals surface area contributed by atoms with Crippen molar-refractivity contribution < 1.29 is 14.6 Å². The zero-order valence-electron chi connectivity index (χ0n) is 10.2. The highest BCUT2D eigenvalue weighted by molar-refractivity contribution is 5.67. The molecule has 4 nitrogen and oxygen atoms in total. The van der Waals surface area contributed by atoms with Gasteiger partial charge in [0.2, 0.25) is 0 Å². The molecule has 0 fully saturated rings. The molecular weight excluding hydrogens is 218 g/mol. The van der Waals surface area contributed by atoms with E-state index in [1.807, 2.05) is 44.2 Å². The van der Waals surface area contributed by atoms with Crippen LogP contribution in [0.25, 0.3) is 0 Å². The molecule has 1 aromatic rings. The molecule has 0 saturated carbocycles. The van der Waals surface area contributed by atoms with Gasteiger partial charge in [0, 0.05) is 0 Å². The molecule has 0 bridgehead atoms. The Labute approximate surface area is 102 Å². The fraction of sp³-hybridized carbons (Fsp3) is 0.462. The first kappa shape index (κ1) is 13.5. The van der Waals surface area contributed by atoms with Gasteiger partial charge in [-0.15, -0.1) is 0 Å². The molecule has 0 heterocycles. The summed E-state index contributed by atoms with van der Waals surface area (Å²) in [6.45, 7) is 4.15. The first-order valence-electron chi connectivity index (χ1n) is 5.72. The van der Waals surface area contributed by atoms with Crippen molar-refractivity contribution in [2.75, 3.05) is 13.2 Å². The summed E-state index contributed by atoms with van der Waals surface area (Å²) in [5.74, 6) is 0.296. The van der Waals surface area contributed by atoms with Crippen molar-refractivity contribution in [3.8, 4) is 0 Å². The molecule has 1 unspecified atom stereocenters. The minimum absolute atomic E-state index is 0.152. The summed E-state index contributed by atoms with van der Waals surface area (Å²) in [4.78, 5) is 11.4. The summed E-state index contributed by atoms with van der Waals surface area (Å²) in [5, 5.41) is 11.9. The van der Waals surface area contributed by atoms with E-state index in [4.69, 9.17) is 4.74 Å². The predicted octanol–water partition coefficient (Wildman–Crippen LogP) is 2.10. The molecule has 2 N–H and O–H groups in total. The number of amides is 1. The van der Waals surface area contributed by atoms with Crippen molar-refractivity contribution in [1.29, 1.82) is 0 Å². The summed E-state index contributed by atoms with van der Waals surface area (Å²) in [6.07, 6.45) is -0.499. The lowest BCUT2D eigenvalue weighted by Crippen LogP contribution is -2.32. The third kappa shape index (κ3) is 4.87. The maximum Gasteiger partial charge on any atom is 0.407 e. The zero-order chi connectivity index (χ0) is 12.7. The molecule has 1 amide bonds. The molecule has 0 aliphatic rings. The third-order valence-corrected chi connectivity index (χ3v) is 2.22. The van der Waals surface area contributed by atoms with Crippen molar-refractivity contribution in [3.05, 3.63) is 35.9 Å². The van der Waals surface area contributed by atoms with Crippen LogP contribution < -0.4 is 5.32 Å². The van der Waals surface area contributed by atoms with Crippen LogP contribution in [0.3, 0.4) is 0 Å². The number of rotatable bonds is 5. The fourth-order valence-corrected chi connectivity index (χ4v) is 1.35. The number of ether oxygens (including phenoxy) is 1. The second kappa shape index (κ2) is 6.91. The molecule has 94 valence electrons. The van der Waals surface area contributed by atoms with Gasteiger partial charge in [0.05, 0.1) is 19.3 Å². The Hall–Kier alpha value is -1.55. The Morgan fingerprint density at radius 3 is 2.53 bits per heavy atom. The highest BCUT2D eigenvalue weighted by atomic mass is 16.5. The molecule has 1 aromatic carbocycles. The maximum absolute atomic E-state index is 11.4. The van der Waals surface area contributed by atoms with Gasteiger partial charge in [-0.2, -0.15) is 0 Å². The molecule has 0 aromatic heterocycles. The number of alkyl carbamates (subject to hydrolysis) is 1. The van der Waals surface area contributed by atoms with Crippen LogP contribution in [0.4, 0.5) is 4.79 Å². The SMILES string of the molecule is CC(C)COC(=O)NC(CO)c1ccccc1. The van der Waals surface area contributed by atoms with E-state index in [-0.39, 0.29) is 6.61 Å². The summed E-state index contributed by atoms with van der Waals surface area (Å²) in [7, 11) is 0. The van der Waals surface area contributed by atoms with E-state index in [1.54, 1.807) is 0 Å². The van der Waals surface area contributed by atoms with Crippen molar-refractivity contribution in [2.24, 2.45) is 5.92 Å². The van der Waals surface area contributed by atoms with Crippen LogP contribution in [0.15, 0.2) is 30.3 Å². The van der Waals surface area contributed by atoms with E-state index in [2.05, 4.69) is 5.32 Å². The van der Waals surface area contributed by atoms with Crippen LogP contribution in [-0.2, 0) is 4.74 Å². The highest BCUT2D eigenvalue weighted by Gasteiger charge is 2.14. The van der Waals surface area contributed by atoms with Crippen molar-refractivity contribution >= 4 is 6.09 Å². The van der Waals surface area contributed by atoms with E-state index in [9.17, 15) is 9.90 Å². The average Bonchev–Trinajstić information content (AvgIpc) is 2.34. The summed E-state index contributed by atoms with van der Waals surface area (Å²) in [5.41, 5.74) is 0.858. The van der Waals surface area contributed by atoms with Crippen LogP contribution in [0, 0.1) is 5.92 Å². The van der Waals surface area contributed by atoms with Gasteiger partial charge in [0.25, 0.3) is 0 Å². The lowest BCUT2D eigenvalue weighted by Gasteiger charge is -2.17. The van der Waals surface area contributed by atoms with E-state index in [0.717, 1.165) is 5.56 Å². The minimum atomic E-state index is -0.499. The molecule has 0 radical (unpaired) electrons. The number of carbonyl (C=O) groups is 1. The summed E-state index contributed by atoms with van der Waals surface area (Å²) in [6, 6.07) is 8.89. The van der Waals surface area contributed by atoms with Gasteiger partial charge in [-0.05, 0) is 11.5 Å². The van der Waals surface area contributed by atoms with Crippen LogP contribution in [0.2, 0.25) is 0 Å². The summed E-state index contributed by atoms with van der Waals surface area (Å²) < 4.78 is 5.00. The molecule has 1 atom stereocenters. The Kier molecular flexibility index (Phi) is 5.49. The lowest BCUT2D eigenvalue weighted by atomic mass is 10.1. The normalized spacial score (nSPS) is 12.2. The molecule has 0 aliphatic heterocycles. The summed E-state index contributed by atoms with van der Waals surface area (Å²) >= 11 is 0. The number of aliphatic hydroxyl groups excluding tert-OH is 1. The molecule has 1 rings (SSSR count). The zero-order valence-corrected chi connectivity index (χ0v) is 10.2. The Balaban J connectivity index is 2.50. The maximum atomic E-state index is 11.4. The minimum Gasteiger partial charge on any atom is -0.449 e. The number of hydrogen-bond donors (Lipinski definition) is 2. The van der Waals surface area contributed by atoms with Crippen LogP contribution in [0.5, 0.6) is 0 Å². The van der Waals surface area contributed by atoms with E-state index in [1.165, 1.54) is 0 Å². The van der Waals surface area contributed by atoms with Gasteiger partial charge in [-0.25, -0.2) is 4.79 Å². The van der Waals surface area contributed by atoms with E-state index >= 15 is 0 Å². The van der Waals surface area contributed by atoms with Gasteiger partial charge in [0.15, 0.2) is 0 Å². The largest absolute Gasteiger partial charge is 0.449 e. The fourth-order valence-electron chi connectivity index (χ4n) is 1.35. The third-order valence-electron chi connectivity index (χ3n) is 2.22. The van der Waals surface area contributed by atoms with Crippen molar-refractivity contribution in [1.82, 2.24) is 5.32 Å². The molecule has 0 aliphatic carbocycles. The van der Waals surface area contributed by atoms with Crippen LogP contribution in [-0.4, -0.2) is 24.4 Å². The number of carbonyl (C=O) groups excluding carboxylic acids is 1. The van der Waals surface area contributed by atoms with E-state index in [0.29, 0.717) is 12.5 Å². The second-order valence-corrected chi connectivity index (χ2v) is 4.28. The van der Waals surface area contributed by atoms with Crippen LogP contribution >= 0.6 is 0 Å². The molecular formula is C13H19NO3. The smallest absolute Gasteiger partial charge is 0.407 e. The van der Waals surface area contributed by atoms with Crippen molar-refractivity contribution in [2.45, 2.75) is 19.9 Å². The number of nitrogens with one attached hydrogen (secondary N) is 1. The highest BCUT2D eigenvalue weighted by Crippen LogP contribution is 2.11. The Morgan fingerprint density at radius 1 is 1.35 bits per heavy atom. The average molecular weight is 237 g/mol. The molecule has 0 spiro atoms. The van der Waals surface area contributed by atoms with Gasteiger partial charge in [0.1, 0.15) is 0 Å². The number of aliphatic hydroxyl groups is 1. The molecule has 0 saturated heterocycles. The van der Waals surface area contributed by atoms with Gasteiger partial charge >= 0.3 is 6.09 Å². The quantitative estimate of drug-likeness (QED) is 0.824. The molecule has 17 heavy (non-hydrogen) atoms. The topological polar surface area (TPSA) is 58.6 Å². The van der Waals surface area contributed by atoms with E-state index < -0.39 is 12.1 Å². The van der Waals surface area contributed by atoms with Gasteiger partial charge in [-0.3, -0.25) is 0 Å². The number of hydrogen-bond acceptors (Lipinski definition) is 3. The Bertz CT molecular complexity index is 338. The lowest BCUT2D eigenvalue weighted by molar-refractivity contribution is 0.123. The number of benzene rings is 1. The first-order chi connectivity index (χ1) is 8.13. The van der Waals surface area contributed by atoms with Gasteiger partial charge < -0.3 is 15.2 Å². The first-order valence-corrected chi connectivity index (χ1v) is 5.72. The second-order valence-electron chi connectivity index (χ2n) is 4.28. The molecule has 4 heteroatoms. The monoisotopic (exact) mass is 237 g/mol. The van der Waals surface area contributed by atoms with Crippen molar-refractivity contribution in [3.63, 3.8) is 0 Å². The van der Waals surface area contributed by atoms with Gasteiger partial charge in [-0.1, -0.05) is 44.2 Å². The predicted molar refractivity (Wildman–Crippen MR) is 65.6 cm³/mol. The standard InChI is InChI=1S/C13H19NO3/c1-10(2)9-17-13(16)14-12(8-15)11-6-4-3-5-7-11/h3-7,10,12,15H,8-9H2,1-2H3,(H,14,16).